The van der Waals surface area contributed by atoms with E-state index in [1.807, 2.05) is 6.07 Å². The summed E-state index contributed by atoms with van der Waals surface area (Å²) in [6.45, 7) is 0. The lowest BCUT2D eigenvalue weighted by Crippen LogP contribution is -2.45. The Labute approximate surface area is 196 Å². The largest absolute Gasteiger partial charge is 0.495 e. The fourth-order valence-electron chi connectivity index (χ4n) is 3.08. The van der Waals surface area contributed by atoms with Crippen LogP contribution in [0.1, 0.15) is 5.56 Å². The maximum atomic E-state index is 13.2. The highest BCUT2D eigenvalue weighted by atomic mass is 35.5. The quantitative estimate of drug-likeness (QED) is 0.470. The molecule has 0 aliphatic heterocycles. The van der Waals surface area contributed by atoms with Crippen LogP contribution in [0.2, 0.25) is 5.02 Å². The van der Waals surface area contributed by atoms with E-state index in [4.69, 9.17) is 21.1 Å². The molecule has 3 rings (SSSR count). The number of carbonyl (C=O) groups is 1. The van der Waals surface area contributed by atoms with Crippen LogP contribution in [0.3, 0.4) is 0 Å². The van der Waals surface area contributed by atoms with Crippen molar-refractivity contribution in [1.82, 2.24) is 4.72 Å². The van der Waals surface area contributed by atoms with Crippen LogP contribution in [0, 0.1) is 5.82 Å². The summed E-state index contributed by atoms with van der Waals surface area (Å²) in [5.41, 5.74) is 0.989. The molecule has 0 bridgehead atoms. The second-order valence-electron chi connectivity index (χ2n) is 6.99. The van der Waals surface area contributed by atoms with Crippen molar-refractivity contribution in [2.45, 2.75) is 17.4 Å². The Balaban J connectivity index is 1.92. The van der Waals surface area contributed by atoms with Gasteiger partial charge >= 0.3 is 0 Å². The zero-order valence-corrected chi connectivity index (χ0v) is 19.4. The molecule has 174 valence electrons. The molecule has 3 aromatic rings. The second kappa shape index (κ2) is 10.7. The molecule has 0 saturated carbocycles. The summed E-state index contributed by atoms with van der Waals surface area (Å²) >= 11 is 6.12. The van der Waals surface area contributed by atoms with Gasteiger partial charge in [-0.1, -0.05) is 41.9 Å². The summed E-state index contributed by atoms with van der Waals surface area (Å²) in [6, 6.07) is 15.0. The van der Waals surface area contributed by atoms with E-state index in [9.17, 15) is 17.6 Å². The Kier molecular flexibility index (Phi) is 7.91. The monoisotopic (exact) mass is 492 g/mol. The van der Waals surface area contributed by atoms with Gasteiger partial charge in [-0.2, -0.15) is 4.72 Å². The zero-order chi connectivity index (χ0) is 24.0. The maximum Gasteiger partial charge on any atom is 0.243 e. The predicted octanol–water partition coefficient (Wildman–Crippen LogP) is 4.02. The number of methoxy groups -OCH3 is 2. The lowest BCUT2D eigenvalue weighted by Gasteiger charge is -2.20. The van der Waals surface area contributed by atoms with Gasteiger partial charge in [0.25, 0.3) is 0 Å². The van der Waals surface area contributed by atoms with E-state index < -0.39 is 27.8 Å². The lowest BCUT2D eigenvalue weighted by molar-refractivity contribution is -0.117. The van der Waals surface area contributed by atoms with Crippen molar-refractivity contribution in [3.05, 3.63) is 83.1 Å². The van der Waals surface area contributed by atoms with Gasteiger partial charge in [-0.3, -0.25) is 4.79 Å². The van der Waals surface area contributed by atoms with Crippen LogP contribution in [0.15, 0.2) is 71.6 Å². The van der Waals surface area contributed by atoms with E-state index in [1.165, 1.54) is 26.4 Å². The van der Waals surface area contributed by atoms with Crippen LogP contribution in [-0.4, -0.2) is 34.6 Å². The van der Waals surface area contributed by atoms with Crippen LogP contribution < -0.4 is 19.5 Å². The first-order chi connectivity index (χ1) is 15.7. The van der Waals surface area contributed by atoms with Crippen molar-refractivity contribution in [1.29, 1.82) is 0 Å². The minimum Gasteiger partial charge on any atom is -0.495 e. The molecule has 10 heteroatoms. The molecule has 1 atom stereocenters. The van der Waals surface area contributed by atoms with E-state index in [2.05, 4.69) is 10.0 Å². The van der Waals surface area contributed by atoms with Crippen molar-refractivity contribution in [2.75, 3.05) is 19.5 Å². The van der Waals surface area contributed by atoms with Crippen LogP contribution >= 0.6 is 11.6 Å². The number of anilines is 1. The molecular weight excluding hydrogens is 471 g/mol. The van der Waals surface area contributed by atoms with Crippen molar-refractivity contribution in [2.24, 2.45) is 0 Å². The van der Waals surface area contributed by atoms with E-state index in [0.29, 0.717) is 5.75 Å². The molecular formula is C23H22ClFN2O5S. The molecule has 0 aromatic heterocycles. The average molecular weight is 493 g/mol. The average Bonchev–Trinajstić information content (AvgIpc) is 2.80. The highest BCUT2D eigenvalue weighted by Gasteiger charge is 2.27. The number of rotatable bonds is 9. The smallest absolute Gasteiger partial charge is 0.243 e. The molecule has 0 radical (unpaired) electrons. The van der Waals surface area contributed by atoms with Crippen LogP contribution in [0.5, 0.6) is 11.5 Å². The van der Waals surface area contributed by atoms with Crippen molar-refractivity contribution in [3.63, 3.8) is 0 Å². The van der Waals surface area contributed by atoms with E-state index >= 15 is 0 Å². The fraction of sp³-hybridized carbons (Fsp3) is 0.174. The number of carbonyl (C=O) groups excluding carboxylic acids is 1. The lowest BCUT2D eigenvalue weighted by atomic mass is 10.1. The van der Waals surface area contributed by atoms with Gasteiger partial charge in [-0.25, -0.2) is 12.8 Å². The molecule has 0 heterocycles. The SMILES string of the molecule is COc1cc(NC(=O)[C@H](Cc2ccccc2)NS(=O)(=O)c2ccc(F)cc2)c(OC)cc1Cl. The third-order valence-electron chi connectivity index (χ3n) is 4.75. The third-order valence-corrected chi connectivity index (χ3v) is 6.54. The predicted molar refractivity (Wildman–Crippen MR) is 124 cm³/mol. The highest BCUT2D eigenvalue weighted by Crippen LogP contribution is 2.36. The Hall–Kier alpha value is -3.14. The summed E-state index contributed by atoms with van der Waals surface area (Å²) in [4.78, 5) is 13.0. The summed E-state index contributed by atoms with van der Waals surface area (Å²) in [5, 5.41) is 2.96. The molecule has 0 aliphatic rings. The Morgan fingerprint density at radius 3 is 2.24 bits per heavy atom. The van der Waals surface area contributed by atoms with E-state index in [-0.39, 0.29) is 27.8 Å². The first kappa shape index (κ1) is 24.5. The molecule has 1 amide bonds. The van der Waals surface area contributed by atoms with Gasteiger partial charge in [-0.15, -0.1) is 0 Å². The summed E-state index contributed by atoms with van der Waals surface area (Å²) in [5.74, 6) is -0.628. The second-order valence-corrected chi connectivity index (χ2v) is 9.11. The van der Waals surface area contributed by atoms with Gasteiger partial charge < -0.3 is 14.8 Å². The number of amides is 1. The topological polar surface area (TPSA) is 93.7 Å². The molecule has 3 aromatic carbocycles. The van der Waals surface area contributed by atoms with Gasteiger partial charge in [0.15, 0.2) is 0 Å². The molecule has 0 aliphatic carbocycles. The van der Waals surface area contributed by atoms with Gasteiger partial charge in [-0.05, 0) is 36.2 Å². The number of halogens is 2. The Morgan fingerprint density at radius 1 is 1.00 bits per heavy atom. The number of hydrogen-bond acceptors (Lipinski definition) is 5. The maximum absolute atomic E-state index is 13.2. The first-order valence-corrected chi connectivity index (χ1v) is 11.6. The minimum absolute atomic E-state index is 0.0696. The summed E-state index contributed by atoms with van der Waals surface area (Å²) < 4.78 is 51.9. The molecule has 0 spiro atoms. The summed E-state index contributed by atoms with van der Waals surface area (Å²) in [6.07, 6.45) is 0.0696. The molecule has 0 fully saturated rings. The van der Waals surface area contributed by atoms with Crippen molar-refractivity contribution < 1.29 is 27.1 Å². The van der Waals surface area contributed by atoms with Gasteiger partial charge in [0.1, 0.15) is 23.4 Å². The molecule has 7 nitrogen and oxygen atoms in total. The first-order valence-electron chi connectivity index (χ1n) is 9.77. The van der Waals surface area contributed by atoms with Crippen molar-refractivity contribution in [3.8, 4) is 11.5 Å². The standard InChI is InChI=1S/C23H22ClFN2O5S/c1-31-21-14-19(22(32-2)13-18(21)24)26-23(28)20(12-15-6-4-3-5-7-15)27-33(29,30)17-10-8-16(25)9-11-17/h3-11,13-14,20,27H,12H2,1-2H3,(H,26,28)/t20-/m0/s1. The third kappa shape index (κ3) is 6.22. The number of nitrogens with one attached hydrogen (secondary N) is 2. The number of ether oxygens (including phenoxy) is 2. The molecule has 33 heavy (non-hydrogen) atoms. The van der Waals surface area contributed by atoms with Gasteiger partial charge in [0, 0.05) is 12.1 Å². The normalized spacial score (nSPS) is 12.1. The Morgan fingerprint density at radius 2 is 1.64 bits per heavy atom. The van der Waals surface area contributed by atoms with E-state index in [0.717, 1.165) is 29.8 Å². The molecule has 0 saturated heterocycles. The number of hydrogen-bond donors (Lipinski definition) is 2. The van der Waals surface area contributed by atoms with Crippen molar-refractivity contribution >= 4 is 33.2 Å². The van der Waals surface area contributed by atoms with Gasteiger partial charge in [0.05, 0.1) is 29.8 Å². The van der Waals surface area contributed by atoms with E-state index in [1.54, 1.807) is 24.3 Å². The highest BCUT2D eigenvalue weighted by molar-refractivity contribution is 7.89. The molecule has 2 N–H and O–H groups in total. The molecule has 0 unspecified atom stereocenters. The summed E-state index contributed by atoms with van der Waals surface area (Å²) in [7, 11) is -1.29. The number of sulfonamides is 1. The zero-order valence-electron chi connectivity index (χ0n) is 17.8. The van der Waals surface area contributed by atoms with Crippen LogP contribution in [0.25, 0.3) is 0 Å². The van der Waals surface area contributed by atoms with Gasteiger partial charge in [0.2, 0.25) is 15.9 Å². The fourth-order valence-corrected chi connectivity index (χ4v) is 4.51. The van der Waals surface area contributed by atoms with Crippen LogP contribution in [0.4, 0.5) is 10.1 Å². The minimum atomic E-state index is -4.12. The Bertz CT molecular complexity index is 1220. The number of benzene rings is 3. The van der Waals surface area contributed by atoms with Crippen LogP contribution in [-0.2, 0) is 21.2 Å².